The zero-order valence-corrected chi connectivity index (χ0v) is 12.8. The van der Waals surface area contributed by atoms with Crippen LogP contribution in [0, 0.1) is 0 Å². The van der Waals surface area contributed by atoms with Crippen LogP contribution in [-0.2, 0) is 17.8 Å². The molecule has 0 aliphatic carbocycles. The largest absolute Gasteiger partial charge is 0.302 e. The molecule has 0 saturated carbocycles. The first-order valence-electron chi connectivity index (χ1n) is 7.65. The molecule has 1 aromatic rings. The van der Waals surface area contributed by atoms with Crippen molar-refractivity contribution in [2.75, 3.05) is 33.2 Å². The van der Waals surface area contributed by atoms with E-state index in [4.69, 9.17) is 5.84 Å². The third-order valence-corrected chi connectivity index (χ3v) is 4.00. The standard InChI is InChI=1S/C16H26N4O/c1-19(10-11-20-8-2-3-9-20)13-15-6-4-14(5-7-15)12-16(21)18-17/h4-7H,2-3,8-13,17H2,1H3,(H,18,21). The summed E-state index contributed by atoms with van der Waals surface area (Å²) in [4.78, 5) is 16.1. The molecule has 1 amide bonds. The van der Waals surface area contributed by atoms with E-state index in [-0.39, 0.29) is 5.91 Å². The maximum atomic E-state index is 11.2. The first kappa shape index (κ1) is 15.9. The summed E-state index contributed by atoms with van der Waals surface area (Å²) in [6.45, 7) is 5.71. The van der Waals surface area contributed by atoms with Crippen molar-refractivity contribution in [1.29, 1.82) is 0 Å². The van der Waals surface area contributed by atoms with Crippen LogP contribution in [0.1, 0.15) is 24.0 Å². The van der Waals surface area contributed by atoms with Crippen LogP contribution >= 0.6 is 0 Å². The maximum Gasteiger partial charge on any atom is 0.238 e. The number of nitrogens with one attached hydrogen (secondary N) is 1. The summed E-state index contributed by atoms with van der Waals surface area (Å²) in [6.07, 6.45) is 3.03. The Morgan fingerprint density at radius 2 is 1.86 bits per heavy atom. The molecule has 2 rings (SSSR count). The summed E-state index contributed by atoms with van der Waals surface area (Å²) in [7, 11) is 2.16. The highest BCUT2D eigenvalue weighted by atomic mass is 16.2. The van der Waals surface area contributed by atoms with Gasteiger partial charge in [0.05, 0.1) is 6.42 Å². The van der Waals surface area contributed by atoms with Gasteiger partial charge in [-0.05, 0) is 44.1 Å². The molecule has 1 aliphatic heterocycles. The fourth-order valence-corrected chi connectivity index (χ4v) is 2.71. The number of likely N-dealkylation sites (tertiary alicyclic amines) is 1. The fourth-order valence-electron chi connectivity index (χ4n) is 2.71. The van der Waals surface area contributed by atoms with Gasteiger partial charge in [0.25, 0.3) is 0 Å². The number of hydrazine groups is 1. The number of likely N-dealkylation sites (N-methyl/N-ethyl adjacent to an activating group) is 1. The average molecular weight is 290 g/mol. The number of carbonyl (C=O) groups excluding carboxylic acids is 1. The molecule has 1 aromatic carbocycles. The molecule has 1 fully saturated rings. The summed E-state index contributed by atoms with van der Waals surface area (Å²) in [5.41, 5.74) is 4.41. The number of carbonyl (C=O) groups is 1. The second kappa shape index (κ2) is 8.12. The molecule has 0 bridgehead atoms. The highest BCUT2D eigenvalue weighted by Gasteiger charge is 2.11. The Balaban J connectivity index is 1.75. The summed E-state index contributed by atoms with van der Waals surface area (Å²) >= 11 is 0. The van der Waals surface area contributed by atoms with E-state index in [1.807, 2.05) is 12.1 Å². The van der Waals surface area contributed by atoms with Gasteiger partial charge in [-0.1, -0.05) is 24.3 Å². The molecule has 1 aliphatic rings. The van der Waals surface area contributed by atoms with E-state index >= 15 is 0 Å². The SMILES string of the molecule is CN(CCN1CCCC1)Cc1ccc(CC(=O)NN)cc1. The van der Waals surface area contributed by atoms with Crippen LogP contribution in [0.3, 0.4) is 0 Å². The summed E-state index contributed by atoms with van der Waals surface area (Å²) in [6, 6.07) is 8.18. The molecule has 0 radical (unpaired) electrons. The lowest BCUT2D eigenvalue weighted by atomic mass is 10.1. The monoisotopic (exact) mass is 290 g/mol. The first-order valence-corrected chi connectivity index (χ1v) is 7.65. The van der Waals surface area contributed by atoms with E-state index in [1.165, 1.54) is 31.5 Å². The smallest absolute Gasteiger partial charge is 0.238 e. The van der Waals surface area contributed by atoms with Gasteiger partial charge in [0.2, 0.25) is 5.91 Å². The zero-order chi connectivity index (χ0) is 15.1. The zero-order valence-electron chi connectivity index (χ0n) is 12.8. The molecule has 116 valence electrons. The average Bonchev–Trinajstić information content (AvgIpc) is 3.00. The van der Waals surface area contributed by atoms with E-state index < -0.39 is 0 Å². The normalized spacial score (nSPS) is 15.6. The van der Waals surface area contributed by atoms with Gasteiger partial charge in [-0.2, -0.15) is 0 Å². The van der Waals surface area contributed by atoms with Crippen molar-refractivity contribution in [1.82, 2.24) is 15.2 Å². The van der Waals surface area contributed by atoms with Crippen molar-refractivity contribution in [3.8, 4) is 0 Å². The van der Waals surface area contributed by atoms with Crippen LogP contribution in [-0.4, -0.2) is 48.9 Å². The van der Waals surface area contributed by atoms with Crippen LogP contribution in [0.15, 0.2) is 24.3 Å². The molecule has 21 heavy (non-hydrogen) atoms. The predicted molar refractivity (Wildman–Crippen MR) is 84.5 cm³/mol. The van der Waals surface area contributed by atoms with Crippen LogP contribution in [0.25, 0.3) is 0 Å². The Kier molecular flexibility index (Phi) is 6.17. The Bertz CT molecular complexity index is 440. The summed E-state index contributed by atoms with van der Waals surface area (Å²) < 4.78 is 0. The van der Waals surface area contributed by atoms with Crippen LogP contribution in [0.5, 0.6) is 0 Å². The Labute approximate surface area is 127 Å². The van der Waals surface area contributed by atoms with Gasteiger partial charge in [0, 0.05) is 19.6 Å². The van der Waals surface area contributed by atoms with Crippen molar-refractivity contribution in [2.24, 2.45) is 5.84 Å². The molecular weight excluding hydrogens is 264 g/mol. The highest BCUT2D eigenvalue weighted by molar-refractivity contribution is 5.77. The van der Waals surface area contributed by atoms with E-state index in [9.17, 15) is 4.79 Å². The number of nitrogens with two attached hydrogens (primary N) is 1. The van der Waals surface area contributed by atoms with Crippen molar-refractivity contribution in [2.45, 2.75) is 25.8 Å². The number of nitrogens with zero attached hydrogens (tertiary/aromatic N) is 2. The van der Waals surface area contributed by atoms with Gasteiger partial charge in [-0.15, -0.1) is 0 Å². The van der Waals surface area contributed by atoms with Gasteiger partial charge in [0.15, 0.2) is 0 Å². The highest BCUT2D eigenvalue weighted by Crippen LogP contribution is 2.09. The Hall–Kier alpha value is -1.43. The van der Waals surface area contributed by atoms with Gasteiger partial charge >= 0.3 is 0 Å². The number of benzene rings is 1. The second-order valence-corrected chi connectivity index (χ2v) is 5.85. The number of rotatable bonds is 7. The van der Waals surface area contributed by atoms with E-state index in [0.717, 1.165) is 25.2 Å². The number of amides is 1. The maximum absolute atomic E-state index is 11.2. The minimum atomic E-state index is -0.162. The molecular formula is C16H26N4O. The van der Waals surface area contributed by atoms with Crippen molar-refractivity contribution >= 4 is 5.91 Å². The molecule has 0 unspecified atom stereocenters. The Morgan fingerprint density at radius 1 is 1.24 bits per heavy atom. The van der Waals surface area contributed by atoms with Crippen LogP contribution < -0.4 is 11.3 Å². The first-order chi connectivity index (χ1) is 10.2. The van der Waals surface area contributed by atoms with E-state index in [1.54, 1.807) is 0 Å². The molecule has 3 N–H and O–H groups in total. The summed E-state index contributed by atoms with van der Waals surface area (Å²) in [5.74, 6) is 4.93. The van der Waals surface area contributed by atoms with Crippen molar-refractivity contribution in [3.05, 3.63) is 35.4 Å². The third-order valence-electron chi connectivity index (χ3n) is 4.00. The Morgan fingerprint density at radius 3 is 2.48 bits per heavy atom. The minimum absolute atomic E-state index is 0.162. The van der Waals surface area contributed by atoms with Crippen molar-refractivity contribution < 1.29 is 4.79 Å². The predicted octanol–water partition coefficient (Wildman–Crippen LogP) is 0.747. The summed E-state index contributed by atoms with van der Waals surface area (Å²) in [5, 5.41) is 0. The van der Waals surface area contributed by atoms with E-state index in [0.29, 0.717) is 6.42 Å². The molecule has 0 atom stereocenters. The lowest BCUT2D eigenvalue weighted by Gasteiger charge is -2.21. The molecule has 1 heterocycles. The van der Waals surface area contributed by atoms with Gasteiger partial charge in [-0.3, -0.25) is 10.2 Å². The molecule has 5 heteroatoms. The number of hydrogen-bond donors (Lipinski definition) is 2. The second-order valence-electron chi connectivity index (χ2n) is 5.85. The minimum Gasteiger partial charge on any atom is -0.302 e. The third kappa shape index (κ3) is 5.46. The lowest BCUT2D eigenvalue weighted by molar-refractivity contribution is -0.120. The van der Waals surface area contributed by atoms with Crippen molar-refractivity contribution in [3.63, 3.8) is 0 Å². The van der Waals surface area contributed by atoms with Crippen LogP contribution in [0.4, 0.5) is 0 Å². The number of hydrogen-bond acceptors (Lipinski definition) is 4. The van der Waals surface area contributed by atoms with Gasteiger partial charge in [0.1, 0.15) is 0 Å². The topological polar surface area (TPSA) is 61.6 Å². The molecule has 0 spiro atoms. The van der Waals surface area contributed by atoms with E-state index in [2.05, 4.69) is 34.4 Å². The molecule has 1 saturated heterocycles. The van der Waals surface area contributed by atoms with Gasteiger partial charge < -0.3 is 9.80 Å². The molecule has 0 aromatic heterocycles. The lowest BCUT2D eigenvalue weighted by Crippen LogP contribution is -2.31. The quantitative estimate of drug-likeness (QED) is 0.442. The van der Waals surface area contributed by atoms with Crippen LogP contribution in [0.2, 0.25) is 0 Å². The fraction of sp³-hybridized carbons (Fsp3) is 0.562. The van der Waals surface area contributed by atoms with Gasteiger partial charge in [-0.25, -0.2) is 5.84 Å². The molecule has 5 nitrogen and oxygen atoms in total.